The largest absolute Gasteiger partial charge is 0.321 e. The summed E-state index contributed by atoms with van der Waals surface area (Å²) in [4.78, 5) is 16.0. The predicted molar refractivity (Wildman–Crippen MR) is 83.9 cm³/mol. The molecule has 1 aliphatic heterocycles. The Balaban J connectivity index is 1.67. The first-order valence-corrected chi connectivity index (χ1v) is 7.34. The van der Waals surface area contributed by atoms with Gasteiger partial charge in [-0.1, -0.05) is 23.7 Å². The third-order valence-electron chi connectivity index (χ3n) is 3.66. The second-order valence-electron chi connectivity index (χ2n) is 5.13. The molecule has 1 atom stereocenters. The van der Waals surface area contributed by atoms with Crippen molar-refractivity contribution in [3.05, 3.63) is 58.9 Å². The van der Waals surface area contributed by atoms with Crippen molar-refractivity contribution in [1.29, 1.82) is 0 Å². The SMILES string of the molecule is O=C(Nc1ccc([C@H]2CCNC2)cc1)c1ccc(Cl)cn1. The van der Waals surface area contributed by atoms with Gasteiger partial charge in [-0.15, -0.1) is 0 Å². The van der Waals surface area contributed by atoms with Gasteiger partial charge in [0.1, 0.15) is 5.69 Å². The van der Waals surface area contributed by atoms with Crippen LogP contribution in [0.25, 0.3) is 0 Å². The van der Waals surface area contributed by atoms with E-state index >= 15 is 0 Å². The van der Waals surface area contributed by atoms with Crippen molar-refractivity contribution in [1.82, 2.24) is 10.3 Å². The Morgan fingerprint density at radius 1 is 1.24 bits per heavy atom. The zero-order valence-electron chi connectivity index (χ0n) is 11.5. The summed E-state index contributed by atoms with van der Waals surface area (Å²) in [5.41, 5.74) is 2.43. The molecule has 21 heavy (non-hydrogen) atoms. The van der Waals surface area contributed by atoms with Gasteiger partial charge in [-0.3, -0.25) is 4.79 Å². The highest BCUT2D eigenvalue weighted by Gasteiger charge is 2.16. The average Bonchev–Trinajstić information content (AvgIpc) is 3.03. The van der Waals surface area contributed by atoms with E-state index < -0.39 is 0 Å². The van der Waals surface area contributed by atoms with E-state index in [1.807, 2.05) is 12.1 Å². The molecule has 5 heteroatoms. The van der Waals surface area contributed by atoms with Crippen molar-refractivity contribution in [3.8, 4) is 0 Å². The van der Waals surface area contributed by atoms with Gasteiger partial charge in [0.25, 0.3) is 5.91 Å². The Hall–Kier alpha value is -1.91. The zero-order chi connectivity index (χ0) is 14.7. The van der Waals surface area contributed by atoms with Gasteiger partial charge in [-0.25, -0.2) is 4.98 Å². The minimum Gasteiger partial charge on any atom is -0.321 e. The van der Waals surface area contributed by atoms with Crippen LogP contribution < -0.4 is 10.6 Å². The summed E-state index contributed by atoms with van der Waals surface area (Å²) in [5, 5.41) is 6.71. The van der Waals surface area contributed by atoms with Crippen molar-refractivity contribution in [2.75, 3.05) is 18.4 Å². The molecule has 1 aromatic heterocycles. The topological polar surface area (TPSA) is 54.0 Å². The van der Waals surface area contributed by atoms with E-state index in [4.69, 9.17) is 11.6 Å². The molecule has 3 rings (SSSR count). The number of nitrogens with zero attached hydrogens (tertiary/aromatic N) is 1. The van der Waals surface area contributed by atoms with Crippen LogP contribution >= 0.6 is 11.6 Å². The summed E-state index contributed by atoms with van der Waals surface area (Å²) < 4.78 is 0. The van der Waals surface area contributed by atoms with E-state index in [2.05, 4.69) is 27.8 Å². The normalized spacial score (nSPS) is 17.7. The van der Waals surface area contributed by atoms with E-state index in [0.717, 1.165) is 18.8 Å². The van der Waals surface area contributed by atoms with E-state index in [1.165, 1.54) is 18.2 Å². The number of hydrogen-bond acceptors (Lipinski definition) is 3. The molecule has 1 fully saturated rings. The molecule has 0 spiro atoms. The maximum atomic E-state index is 12.0. The molecule has 1 aliphatic rings. The lowest BCUT2D eigenvalue weighted by atomic mass is 9.98. The van der Waals surface area contributed by atoms with Gasteiger partial charge in [0.05, 0.1) is 5.02 Å². The Labute approximate surface area is 128 Å². The molecule has 108 valence electrons. The van der Waals surface area contributed by atoms with E-state index in [1.54, 1.807) is 12.1 Å². The molecule has 2 aromatic rings. The number of rotatable bonds is 3. The molecule has 0 bridgehead atoms. The quantitative estimate of drug-likeness (QED) is 0.916. The van der Waals surface area contributed by atoms with E-state index in [0.29, 0.717) is 16.6 Å². The van der Waals surface area contributed by atoms with Gasteiger partial charge in [0.2, 0.25) is 0 Å². The number of amides is 1. The number of aromatic nitrogens is 1. The number of pyridine rings is 1. The van der Waals surface area contributed by atoms with Crippen molar-refractivity contribution < 1.29 is 4.79 Å². The second kappa shape index (κ2) is 6.24. The maximum Gasteiger partial charge on any atom is 0.274 e. The van der Waals surface area contributed by atoms with Gasteiger partial charge < -0.3 is 10.6 Å². The Bertz CT molecular complexity index is 619. The fourth-order valence-electron chi connectivity index (χ4n) is 2.48. The highest BCUT2D eigenvalue weighted by atomic mass is 35.5. The van der Waals surface area contributed by atoms with Crippen molar-refractivity contribution >= 4 is 23.2 Å². The van der Waals surface area contributed by atoms with Crippen molar-refractivity contribution in [3.63, 3.8) is 0 Å². The van der Waals surface area contributed by atoms with Crippen LogP contribution in [0, 0.1) is 0 Å². The molecule has 2 heterocycles. The van der Waals surface area contributed by atoms with Crippen LogP contribution in [-0.2, 0) is 0 Å². The van der Waals surface area contributed by atoms with Crippen LogP contribution in [0.4, 0.5) is 5.69 Å². The molecule has 4 nitrogen and oxygen atoms in total. The number of nitrogens with one attached hydrogen (secondary N) is 2. The molecule has 1 amide bonds. The molecular formula is C16H16ClN3O. The summed E-state index contributed by atoms with van der Waals surface area (Å²) in [7, 11) is 0. The first kappa shape index (κ1) is 14.0. The Morgan fingerprint density at radius 2 is 2.05 bits per heavy atom. The smallest absolute Gasteiger partial charge is 0.274 e. The van der Waals surface area contributed by atoms with E-state index in [9.17, 15) is 4.79 Å². The van der Waals surface area contributed by atoms with Crippen LogP contribution in [0.2, 0.25) is 5.02 Å². The fraction of sp³-hybridized carbons (Fsp3) is 0.250. The molecule has 1 aromatic carbocycles. The minimum absolute atomic E-state index is 0.234. The summed E-state index contributed by atoms with van der Waals surface area (Å²) in [6.07, 6.45) is 2.63. The van der Waals surface area contributed by atoms with Crippen LogP contribution in [-0.4, -0.2) is 24.0 Å². The van der Waals surface area contributed by atoms with Crippen molar-refractivity contribution in [2.24, 2.45) is 0 Å². The summed E-state index contributed by atoms with van der Waals surface area (Å²) >= 11 is 5.76. The number of anilines is 1. The van der Waals surface area contributed by atoms with Crippen LogP contribution in [0.15, 0.2) is 42.6 Å². The van der Waals surface area contributed by atoms with Crippen LogP contribution in [0.5, 0.6) is 0 Å². The third-order valence-corrected chi connectivity index (χ3v) is 3.88. The summed E-state index contributed by atoms with van der Waals surface area (Å²) in [6, 6.07) is 11.3. The average molecular weight is 302 g/mol. The predicted octanol–water partition coefficient (Wildman–Crippen LogP) is 3.06. The first-order valence-electron chi connectivity index (χ1n) is 6.96. The Morgan fingerprint density at radius 3 is 2.67 bits per heavy atom. The molecule has 0 radical (unpaired) electrons. The van der Waals surface area contributed by atoms with Gasteiger partial charge in [-0.05, 0) is 48.7 Å². The molecule has 0 unspecified atom stereocenters. The lowest BCUT2D eigenvalue weighted by molar-refractivity contribution is 0.102. The Kier molecular flexibility index (Phi) is 4.18. The van der Waals surface area contributed by atoms with Crippen LogP contribution in [0.3, 0.4) is 0 Å². The molecule has 2 N–H and O–H groups in total. The fourth-order valence-corrected chi connectivity index (χ4v) is 2.59. The molecule has 0 aliphatic carbocycles. The third kappa shape index (κ3) is 3.40. The van der Waals surface area contributed by atoms with E-state index in [-0.39, 0.29) is 5.91 Å². The number of halogens is 1. The van der Waals surface area contributed by atoms with Crippen LogP contribution in [0.1, 0.15) is 28.4 Å². The number of benzene rings is 1. The minimum atomic E-state index is -0.234. The molecular weight excluding hydrogens is 286 g/mol. The summed E-state index contributed by atoms with van der Waals surface area (Å²) in [5.74, 6) is 0.342. The lowest BCUT2D eigenvalue weighted by Crippen LogP contribution is -2.13. The van der Waals surface area contributed by atoms with Gasteiger partial charge in [0.15, 0.2) is 0 Å². The monoisotopic (exact) mass is 301 g/mol. The van der Waals surface area contributed by atoms with Crippen molar-refractivity contribution in [2.45, 2.75) is 12.3 Å². The zero-order valence-corrected chi connectivity index (χ0v) is 12.2. The van der Waals surface area contributed by atoms with Gasteiger partial charge in [0, 0.05) is 18.4 Å². The highest BCUT2D eigenvalue weighted by Crippen LogP contribution is 2.23. The number of carbonyl (C=O) groups excluding carboxylic acids is 1. The lowest BCUT2D eigenvalue weighted by Gasteiger charge is -2.10. The number of carbonyl (C=O) groups is 1. The summed E-state index contributed by atoms with van der Waals surface area (Å²) in [6.45, 7) is 2.10. The van der Waals surface area contributed by atoms with Gasteiger partial charge >= 0.3 is 0 Å². The van der Waals surface area contributed by atoms with Gasteiger partial charge in [-0.2, -0.15) is 0 Å². The molecule has 1 saturated heterocycles. The standard InChI is InChI=1S/C16H16ClN3O/c17-13-3-6-15(19-10-13)16(21)20-14-4-1-11(2-5-14)12-7-8-18-9-12/h1-6,10,12,18H,7-9H2,(H,20,21)/t12-/m0/s1. The number of hydrogen-bond donors (Lipinski definition) is 2. The highest BCUT2D eigenvalue weighted by molar-refractivity contribution is 6.30. The maximum absolute atomic E-state index is 12.0. The second-order valence-corrected chi connectivity index (χ2v) is 5.56. The molecule has 0 saturated carbocycles. The first-order chi connectivity index (χ1) is 10.2.